The number of aromatic nitrogens is 1. The van der Waals surface area contributed by atoms with Gasteiger partial charge in [-0.25, -0.2) is 9.78 Å². The minimum atomic E-state index is -0.377. The van der Waals surface area contributed by atoms with Crippen LogP contribution in [0.25, 0.3) is 10.2 Å². The molecule has 0 radical (unpaired) electrons. The molecule has 3 rings (SSSR count). The molecule has 21 heavy (non-hydrogen) atoms. The van der Waals surface area contributed by atoms with Gasteiger partial charge in [-0.15, -0.1) is 0 Å². The van der Waals surface area contributed by atoms with Gasteiger partial charge in [0, 0.05) is 13.1 Å². The van der Waals surface area contributed by atoms with Crippen molar-refractivity contribution in [2.45, 2.75) is 0 Å². The highest BCUT2D eigenvalue weighted by atomic mass is 32.1. The SMILES string of the molecule is COC(=O)c1ccc(N2CCN(C)C2)c2sc(OC)nc12. The molecule has 1 aliphatic heterocycles. The van der Waals surface area contributed by atoms with Crippen LogP contribution in [0.2, 0.25) is 0 Å². The van der Waals surface area contributed by atoms with Crippen LogP contribution in [-0.2, 0) is 4.74 Å². The van der Waals surface area contributed by atoms with Crippen molar-refractivity contribution in [3.05, 3.63) is 17.7 Å². The predicted molar refractivity (Wildman–Crippen MR) is 82.4 cm³/mol. The number of anilines is 1. The maximum Gasteiger partial charge on any atom is 0.340 e. The fourth-order valence-corrected chi connectivity index (χ4v) is 3.45. The number of thiazole rings is 1. The highest BCUT2D eigenvalue weighted by Crippen LogP contribution is 2.38. The average Bonchev–Trinajstić information content (AvgIpc) is 3.11. The molecule has 0 spiro atoms. The number of nitrogens with zero attached hydrogens (tertiary/aromatic N) is 3. The summed E-state index contributed by atoms with van der Waals surface area (Å²) in [6.07, 6.45) is 0. The normalized spacial score (nSPS) is 15.7. The number of fused-ring (bicyclic) bond motifs is 1. The zero-order chi connectivity index (χ0) is 15.0. The number of carbonyl (C=O) groups is 1. The van der Waals surface area contributed by atoms with Crippen molar-refractivity contribution in [2.75, 3.05) is 45.9 Å². The summed E-state index contributed by atoms with van der Waals surface area (Å²) in [4.78, 5) is 20.8. The summed E-state index contributed by atoms with van der Waals surface area (Å²) in [7, 11) is 5.05. The summed E-state index contributed by atoms with van der Waals surface area (Å²) in [5.41, 5.74) is 2.21. The third-order valence-electron chi connectivity index (χ3n) is 3.59. The lowest BCUT2D eigenvalue weighted by Crippen LogP contribution is -2.22. The second-order valence-electron chi connectivity index (χ2n) is 4.97. The summed E-state index contributed by atoms with van der Waals surface area (Å²) in [5, 5.41) is 0.551. The molecule has 0 unspecified atom stereocenters. The average molecular weight is 307 g/mol. The summed E-state index contributed by atoms with van der Waals surface area (Å²) in [5.74, 6) is -0.377. The van der Waals surface area contributed by atoms with E-state index in [0.717, 1.165) is 30.1 Å². The number of likely N-dealkylation sites (N-methyl/N-ethyl adjacent to an activating group) is 1. The van der Waals surface area contributed by atoms with Crippen LogP contribution in [0.1, 0.15) is 10.4 Å². The molecule has 6 nitrogen and oxygen atoms in total. The van der Waals surface area contributed by atoms with E-state index in [1.54, 1.807) is 13.2 Å². The van der Waals surface area contributed by atoms with E-state index in [0.29, 0.717) is 16.3 Å². The van der Waals surface area contributed by atoms with Crippen LogP contribution in [0.3, 0.4) is 0 Å². The minimum absolute atomic E-state index is 0.377. The molecule has 2 heterocycles. The lowest BCUT2D eigenvalue weighted by atomic mass is 10.1. The minimum Gasteiger partial charge on any atom is -0.473 e. The van der Waals surface area contributed by atoms with E-state index in [4.69, 9.17) is 9.47 Å². The fraction of sp³-hybridized carbons (Fsp3) is 0.429. The summed E-state index contributed by atoms with van der Waals surface area (Å²) >= 11 is 1.45. The van der Waals surface area contributed by atoms with Crippen LogP contribution in [0.5, 0.6) is 5.19 Å². The van der Waals surface area contributed by atoms with Gasteiger partial charge in [0.15, 0.2) is 0 Å². The van der Waals surface area contributed by atoms with E-state index >= 15 is 0 Å². The molecular weight excluding hydrogens is 290 g/mol. The van der Waals surface area contributed by atoms with Crippen molar-refractivity contribution in [3.63, 3.8) is 0 Å². The number of hydrogen-bond acceptors (Lipinski definition) is 7. The van der Waals surface area contributed by atoms with Crippen molar-refractivity contribution in [1.82, 2.24) is 9.88 Å². The molecule has 1 fully saturated rings. The quantitative estimate of drug-likeness (QED) is 0.806. The van der Waals surface area contributed by atoms with E-state index in [1.165, 1.54) is 18.4 Å². The zero-order valence-corrected chi connectivity index (χ0v) is 13.1. The molecule has 7 heteroatoms. The van der Waals surface area contributed by atoms with E-state index < -0.39 is 0 Å². The number of methoxy groups -OCH3 is 2. The summed E-state index contributed by atoms with van der Waals surface area (Å²) < 4.78 is 11.0. The highest BCUT2D eigenvalue weighted by Gasteiger charge is 2.23. The summed E-state index contributed by atoms with van der Waals surface area (Å²) in [6.45, 7) is 2.85. The van der Waals surface area contributed by atoms with Crippen LogP contribution < -0.4 is 9.64 Å². The first-order chi connectivity index (χ1) is 10.1. The number of hydrogen-bond donors (Lipinski definition) is 0. The molecule has 0 amide bonds. The molecule has 2 aromatic rings. The van der Waals surface area contributed by atoms with Gasteiger partial charge in [-0.3, -0.25) is 4.90 Å². The smallest absolute Gasteiger partial charge is 0.340 e. The predicted octanol–water partition coefficient (Wildman–Crippen LogP) is 1.80. The Kier molecular flexibility index (Phi) is 3.69. The van der Waals surface area contributed by atoms with Crippen molar-refractivity contribution in [2.24, 2.45) is 0 Å². The molecule has 1 saturated heterocycles. The topological polar surface area (TPSA) is 54.9 Å². The standard InChI is InChI=1S/C14H17N3O3S/c1-16-6-7-17(8-16)10-5-4-9(13(18)19-2)11-12(10)21-14(15-11)20-3/h4-5H,6-8H2,1-3H3. The zero-order valence-electron chi connectivity index (χ0n) is 12.3. The Labute approximate surface area is 126 Å². The Bertz CT molecular complexity index is 685. The first-order valence-corrected chi connectivity index (χ1v) is 7.45. The van der Waals surface area contributed by atoms with Gasteiger partial charge in [0.25, 0.3) is 5.19 Å². The lowest BCUT2D eigenvalue weighted by Gasteiger charge is -2.19. The first-order valence-electron chi connectivity index (χ1n) is 6.63. The van der Waals surface area contributed by atoms with Gasteiger partial charge in [-0.1, -0.05) is 11.3 Å². The van der Waals surface area contributed by atoms with Gasteiger partial charge >= 0.3 is 5.97 Å². The van der Waals surface area contributed by atoms with Gasteiger partial charge in [-0.05, 0) is 19.2 Å². The molecule has 0 aliphatic carbocycles. The number of rotatable bonds is 3. The summed E-state index contributed by atoms with van der Waals surface area (Å²) in [6, 6.07) is 3.74. The Balaban J connectivity index is 2.14. The molecule has 0 atom stereocenters. The molecule has 0 N–H and O–H groups in total. The van der Waals surface area contributed by atoms with Crippen LogP contribution in [-0.4, -0.2) is 56.9 Å². The van der Waals surface area contributed by atoms with Gasteiger partial charge < -0.3 is 14.4 Å². The molecule has 1 aliphatic rings. The van der Waals surface area contributed by atoms with E-state index in [-0.39, 0.29) is 5.97 Å². The molecule has 1 aromatic carbocycles. The van der Waals surface area contributed by atoms with Crippen LogP contribution in [0, 0.1) is 0 Å². The molecule has 0 saturated carbocycles. The molecule has 0 bridgehead atoms. The fourth-order valence-electron chi connectivity index (χ4n) is 2.51. The van der Waals surface area contributed by atoms with Crippen molar-refractivity contribution in [3.8, 4) is 5.19 Å². The third kappa shape index (κ3) is 2.43. The van der Waals surface area contributed by atoms with Gasteiger partial charge in [0.1, 0.15) is 5.52 Å². The van der Waals surface area contributed by atoms with Gasteiger partial charge in [0.2, 0.25) is 0 Å². The Morgan fingerprint density at radius 2 is 2.14 bits per heavy atom. The van der Waals surface area contributed by atoms with E-state index in [9.17, 15) is 4.79 Å². The van der Waals surface area contributed by atoms with Gasteiger partial charge in [0.05, 0.1) is 36.8 Å². The number of ether oxygens (including phenoxy) is 2. The first kappa shape index (κ1) is 14.1. The largest absolute Gasteiger partial charge is 0.473 e. The molecular formula is C14H17N3O3S. The lowest BCUT2D eigenvalue weighted by molar-refractivity contribution is 0.0603. The third-order valence-corrected chi connectivity index (χ3v) is 4.63. The Morgan fingerprint density at radius 1 is 1.33 bits per heavy atom. The maximum atomic E-state index is 11.9. The molecule has 1 aromatic heterocycles. The van der Waals surface area contributed by atoms with Crippen molar-refractivity contribution < 1.29 is 14.3 Å². The van der Waals surface area contributed by atoms with Gasteiger partial charge in [-0.2, -0.15) is 0 Å². The Hall–Kier alpha value is -1.86. The highest BCUT2D eigenvalue weighted by molar-refractivity contribution is 7.20. The Morgan fingerprint density at radius 3 is 2.76 bits per heavy atom. The number of benzene rings is 1. The monoisotopic (exact) mass is 307 g/mol. The van der Waals surface area contributed by atoms with Crippen molar-refractivity contribution in [1.29, 1.82) is 0 Å². The van der Waals surface area contributed by atoms with E-state index in [2.05, 4.69) is 21.8 Å². The number of carbonyl (C=O) groups excluding carboxylic acids is 1. The second-order valence-corrected chi connectivity index (χ2v) is 5.93. The molecule has 112 valence electrons. The van der Waals surface area contributed by atoms with E-state index in [1.807, 2.05) is 6.07 Å². The maximum absolute atomic E-state index is 11.9. The number of esters is 1. The second kappa shape index (κ2) is 5.50. The van der Waals surface area contributed by atoms with Crippen LogP contribution >= 0.6 is 11.3 Å². The van der Waals surface area contributed by atoms with Crippen LogP contribution in [0.4, 0.5) is 5.69 Å². The van der Waals surface area contributed by atoms with Crippen molar-refractivity contribution >= 4 is 33.2 Å². The van der Waals surface area contributed by atoms with Crippen LogP contribution in [0.15, 0.2) is 12.1 Å².